The molecule has 1 aliphatic rings. The van der Waals surface area contributed by atoms with E-state index in [1.807, 2.05) is 6.92 Å². The van der Waals surface area contributed by atoms with Crippen molar-refractivity contribution in [2.45, 2.75) is 26.4 Å². The number of halogens is 3. The van der Waals surface area contributed by atoms with Gasteiger partial charge in [-0.1, -0.05) is 13.8 Å². The minimum atomic E-state index is -4.59. The number of hydrogen-bond acceptors (Lipinski definition) is 2. The third-order valence-corrected chi connectivity index (χ3v) is 2.75. The van der Waals surface area contributed by atoms with Gasteiger partial charge in [0.05, 0.1) is 0 Å². The van der Waals surface area contributed by atoms with Crippen LogP contribution in [0.2, 0.25) is 0 Å². The molecule has 2 atom stereocenters. The van der Waals surface area contributed by atoms with Gasteiger partial charge >= 0.3 is 6.18 Å². The maximum Gasteiger partial charge on any atom is 0.433 e. The summed E-state index contributed by atoms with van der Waals surface area (Å²) in [5.74, 6) is -0.183. The normalized spacial score (nSPS) is 28.4. The molecule has 0 aromatic heterocycles. The first-order valence-electron chi connectivity index (χ1n) is 4.39. The van der Waals surface area contributed by atoms with E-state index in [1.54, 1.807) is 6.92 Å². The van der Waals surface area contributed by atoms with Crippen LogP contribution in [-0.2, 0) is 0 Å². The molecule has 1 rings (SSSR count). The Bertz CT molecular complexity index is 291. The molecule has 0 saturated carbocycles. The van der Waals surface area contributed by atoms with E-state index in [0.717, 1.165) is 0 Å². The van der Waals surface area contributed by atoms with Gasteiger partial charge in [-0.25, -0.2) is 0 Å². The largest absolute Gasteiger partial charge is 0.433 e. The highest BCUT2D eigenvalue weighted by Crippen LogP contribution is 2.38. The lowest BCUT2D eigenvalue weighted by atomic mass is 9.92. The predicted molar refractivity (Wildman–Crippen MR) is 47.9 cm³/mol. The summed E-state index contributed by atoms with van der Waals surface area (Å²) in [6.07, 6.45) is -4.13. The molecule has 0 aromatic carbocycles. The first-order chi connectivity index (χ1) is 6.25. The zero-order valence-corrected chi connectivity index (χ0v) is 8.07. The Kier molecular flexibility index (Phi) is 2.61. The number of allylic oxidation sites excluding steroid dienone is 2. The molecule has 14 heavy (non-hydrogen) atoms. The fourth-order valence-electron chi connectivity index (χ4n) is 1.75. The van der Waals surface area contributed by atoms with E-state index >= 15 is 0 Å². The molecule has 2 nitrogen and oxygen atoms in total. The van der Waals surface area contributed by atoms with E-state index in [1.165, 1.54) is 0 Å². The van der Waals surface area contributed by atoms with E-state index in [2.05, 4.69) is 0 Å². The lowest BCUT2D eigenvalue weighted by Gasteiger charge is -2.16. The van der Waals surface area contributed by atoms with Crippen molar-refractivity contribution in [3.63, 3.8) is 0 Å². The second-order valence-corrected chi connectivity index (χ2v) is 3.78. The second kappa shape index (κ2) is 3.29. The molecular weight excluding hydrogens is 193 g/mol. The lowest BCUT2D eigenvalue weighted by Crippen LogP contribution is -2.27. The van der Waals surface area contributed by atoms with Crippen molar-refractivity contribution in [1.29, 1.82) is 5.41 Å². The van der Waals surface area contributed by atoms with Crippen molar-refractivity contribution in [1.82, 2.24) is 0 Å². The fourth-order valence-corrected chi connectivity index (χ4v) is 1.75. The molecule has 0 bridgehead atoms. The summed E-state index contributed by atoms with van der Waals surface area (Å²) < 4.78 is 36.8. The maximum absolute atomic E-state index is 12.3. The lowest BCUT2D eigenvalue weighted by molar-refractivity contribution is -0.0593. The van der Waals surface area contributed by atoms with Gasteiger partial charge in [0.15, 0.2) is 0 Å². The SMILES string of the molecule is CC1CC(N)=C(C(=N)C(F)(F)F)C1C. The van der Waals surface area contributed by atoms with E-state index in [0.29, 0.717) is 6.42 Å². The topological polar surface area (TPSA) is 49.9 Å². The summed E-state index contributed by atoms with van der Waals surface area (Å²) >= 11 is 0. The zero-order chi connectivity index (χ0) is 11.1. The van der Waals surface area contributed by atoms with Crippen molar-refractivity contribution in [2.24, 2.45) is 17.6 Å². The number of alkyl halides is 3. The molecule has 0 heterocycles. The Morgan fingerprint density at radius 1 is 1.43 bits per heavy atom. The minimum absolute atomic E-state index is 0.0231. The van der Waals surface area contributed by atoms with Crippen LogP contribution in [0.3, 0.4) is 0 Å². The zero-order valence-electron chi connectivity index (χ0n) is 8.07. The van der Waals surface area contributed by atoms with Gasteiger partial charge in [0, 0.05) is 11.3 Å². The van der Waals surface area contributed by atoms with Crippen LogP contribution in [0.1, 0.15) is 20.3 Å². The maximum atomic E-state index is 12.3. The molecule has 0 radical (unpaired) electrons. The highest BCUT2D eigenvalue weighted by atomic mass is 19.4. The summed E-state index contributed by atoms with van der Waals surface area (Å²) in [5.41, 5.74) is 4.40. The molecule has 5 heteroatoms. The van der Waals surface area contributed by atoms with Crippen LogP contribution in [0.15, 0.2) is 11.3 Å². The Hall–Kier alpha value is -1.00. The molecule has 0 fully saturated rings. The van der Waals surface area contributed by atoms with Gasteiger partial charge in [0.1, 0.15) is 5.71 Å². The molecule has 0 aromatic rings. The molecule has 3 N–H and O–H groups in total. The molecule has 2 unspecified atom stereocenters. The van der Waals surface area contributed by atoms with Gasteiger partial charge in [-0.3, -0.25) is 5.41 Å². The highest BCUT2D eigenvalue weighted by molar-refractivity contribution is 6.03. The third kappa shape index (κ3) is 1.76. The van der Waals surface area contributed by atoms with Gasteiger partial charge in [0.2, 0.25) is 0 Å². The minimum Gasteiger partial charge on any atom is -0.402 e. The van der Waals surface area contributed by atoms with Crippen molar-refractivity contribution >= 4 is 5.71 Å². The van der Waals surface area contributed by atoms with Crippen LogP contribution >= 0.6 is 0 Å². The summed E-state index contributed by atoms with van der Waals surface area (Å²) in [5, 5.41) is 7.03. The Morgan fingerprint density at radius 3 is 2.21 bits per heavy atom. The van der Waals surface area contributed by atoms with Crippen LogP contribution in [0.5, 0.6) is 0 Å². The average Bonchev–Trinajstić information content (AvgIpc) is 2.24. The summed E-state index contributed by atoms with van der Waals surface area (Å²) in [6, 6.07) is 0. The Labute approximate surface area is 80.5 Å². The Balaban J connectivity index is 2.99. The average molecular weight is 206 g/mol. The third-order valence-electron chi connectivity index (χ3n) is 2.75. The van der Waals surface area contributed by atoms with E-state index in [9.17, 15) is 13.2 Å². The molecule has 0 spiro atoms. The van der Waals surface area contributed by atoms with Crippen LogP contribution in [0.4, 0.5) is 13.2 Å². The standard InChI is InChI=1S/C9H13F3N2/c1-4-3-6(13)7(5(4)2)8(14)9(10,11)12/h4-5,14H,3,13H2,1-2H3. The monoisotopic (exact) mass is 206 g/mol. The van der Waals surface area contributed by atoms with E-state index in [-0.39, 0.29) is 23.1 Å². The number of rotatable bonds is 1. The van der Waals surface area contributed by atoms with Gasteiger partial charge < -0.3 is 5.73 Å². The van der Waals surface area contributed by atoms with Gasteiger partial charge in [-0.2, -0.15) is 13.2 Å². The first-order valence-corrected chi connectivity index (χ1v) is 4.39. The molecule has 80 valence electrons. The molecule has 0 saturated heterocycles. The molecule has 1 aliphatic carbocycles. The number of hydrogen-bond donors (Lipinski definition) is 2. The van der Waals surface area contributed by atoms with Crippen molar-refractivity contribution < 1.29 is 13.2 Å². The quantitative estimate of drug-likeness (QED) is 0.636. The molecular formula is C9H13F3N2. The van der Waals surface area contributed by atoms with Gasteiger partial charge in [-0.15, -0.1) is 0 Å². The summed E-state index contributed by atoms with van der Waals surface area (Å²) in [6.45, 7) is 3.52. The molecule has 0 aliphatic heterocycles. The van der Waals surface area contributed by atoms with Crippen molar-refractivity contribution in [2.75, 3.05) is 0 Å². The number of nitrogens with two attached hydrogens (primary N) is 1. The summed E-state index contributed by atoms with van der Waals surface area (Å²) in [7, 11) is 0. The molecule has 0 amide bonds. The van der Waals surface area contributed by atoms with Gasteiger partial charge in [0.25, 0.3) is 0 Å². The van der Waals surface area contributed by atoms with E-state index in [4.69, 9.17) is 11.1 Å². The predicted octanol–water partition coefficient (Wildman–Crippen LogP) is 2.46. The first kappa shape index (κ1) is 11.1. The number of nitrogens with one attached hydrogen (secondary N) is 1. The van der Waals surface area contributed by atoms with E-state index < -0.39 is 11.9 Å². The van der Waals surface area contributed by atoms with Crippen molar-refractivity contribution in [3.05, 3.63) is 11.3 Å². The van der Waals surface area contributed by atoms with Crippen molar-refractivity contribution in [3.8, 4) is 0 Å². The van der Waals surface area contributed by atoms with Crippen LogP contribution < -0.4 is 5.73 Å². The van der Waals surface area contributed by atoms with Gasteiger partial charge in [-0.05, 0) is 18.3 Å². The highest BCUT2D eigenvalue weighted by Gasteiger charge is 2.42. The van der Waals surface area contributed by atoms with Crippen LogP contribution in [0.25, 0.3) is 0 Å². The van der Waals surface area contributed by atoms with Crippen LogP contribution in [0, 0.1) is 17.2 Å². The fraction of sp³-hybridized carbons (Fsp3) is 0.667. The Morgan fingerprint density at radius 2 is 1.93 bits per heavy atom. The van der Waals surface area contributed by atoms with Crippen LogP contribution in [-0.4, -0.2) is 11.9 Å². The second-order valence-electron chi connectivity index (χ2n) is 3.78. The summed E-state index contributed by atoms with van der Waals surface area (Å²) in [4.78, 5) is 0. The smallest absolute Gasteiger partial charge is 0.402 e.